The largest absolute Gasteiger partial charge is 0.464 e. The Morgan fingerprint density at radius 3 is 1.95 bits per heavy atom. The van der Waals surface area contributed by atoms with E-state index < -0.39 is 0 Å². The number of hydrogen-bond donors (Lipinski definition) is 2. The van der Waals surface area contributed by atoms with Crippen LogP contribution in [0.2, 0.25) is 0 Å². The molecule has 6 rings (SSSR count). The fourth-order valence-electron chi connectivity index (χ4n) is 3.55. The second-order valence-corrected chi connectivity index (χ2v) is 8.73. The second kappa shape index (κ2) is 13.7. The molecule has 0 aliphatic rings. The predicted molar refractivity (Wildman–Crippen MR) is 150 cm³/mol. The van der Waals surface area contributed by atoms with Crippen LogP contribution in [0.1, 0.15) is 38.7 Å². The minimum absolute atomic E-state index is 0.466. The average Bonchev–Trinajstić information content (AvgIpc) is 3.64. The Morgan fingerprint density at radius 1 is 0.744 bits per heavy atom. The zero-order valence-corrected chi connectivity index (χ0v) is 21.9. The molecule has 0 aliphatic heterocycles. The number of aryl methyl sites for hydroxylation is 2. The molecule has 0 aliphatic carbocycles. The van der Waals surface area contributed by atoms with E-state index in [1.807, 2.05) is 38.2 Å². The van der Waals surface area contributed by atoms with Gasteiger partial charge in [-0.1, -0.05) is 6.07 Å². The molecule has 0 amide bonds. The van der Waals surface area contributed by atoms with Gasteiger partial charge in [-0.15, -0.1) is 0 Å². The number of benzene rings is 2. The first-order valence-electron chi connectivity index (χ1n) is 12.4. The van der Waals surface area contributed by atoms with Crippen LogP contribution in [0.3, 0.4) is 0 Å². The minimum atomic E-state index is 0.466. The third-order valence-electron chi connectivity index (χ3n) is 5.64. The topological polar surface area (TPSA) is 133 Å². The van der Waals surface area contributed by atoms with E-state index in [4.69, 9.17) is 14.6 Å². The SMILES string of the molecule is Cc1cnc(CN)cn1.Cc1cnc(CNCc2ccc3occc3c2)cn1.O=Cc1ccc2occc2c1. The smallest absolute Gasteiger partial charge is 0.150 e. The number of hydrogen-bond acceptors (Lipinski definition) is 9. The van der Waals surface area contributed by atoms with Crippen LogP contribution < -0.4 is 11.1 Å². The van der Waals surface area contributed by atoms with Crippen LogP contribution in [0.15, 0.2) is 94.7 Å². The normalized spacial score (nSPS) is 10.4. The van der Waals surface area contributed by atoms with Gasteiger partial charge in [0.15, 0.2) is 0 Å². The van der Waals surface area contributed by atoms with Gasteiger partial charge in [-0.25, -0.2) is 0 Å². The Bertz CT molecular complexity index is 1610. The van der Waals surface area contributed by atoms with Gasteiger partial charge < -0.3 is 19.9 Å². The lowest BCUT2D eigenvalue weighted by Gasteiger charge is -2.04. The number of carbonyl (C=O) groups is 1. The number of fused-ring (bicyclic) bond motifs is 2. The molecule has 0 fully saturated rings. The monoisotopic (exact) mass is 522 g/mol. The van der Waals surface area contributed by atoms with Crippen molar-refractivity contribution in [1.29, 1.82) is 0 Å². The molecule has 0 saturated carbocycles. The van der Waals surface area contributed by atoms with Gasteiger partial charge in [0.1, 0.15) is 17.5 Å². The Morgan fingerprint density at radius 2 is 1.36 bits per heavy atom. The van der Waals surface area contributed by atoms with Gasteiger partial charge in [-0.3, -0.25) is 24.7 Å². The van der Waals surface area contributed by atoms with Gasteiger partial charge in [-0.05, 0) is 61.9 Å². The van der Waals surface area contributed by atoms with E-state index in [0.29, 0.717) is 12.1 Å². The third kappa shape index (κ3) is 8.13. The van der Waals surface area contributed by atoms with Gasteiger partial charge in [0.05, 0.1) is 35.3 Å². The van der Waals surface area contributed by atoms with Crippen LogP contribution in [0.4, 0.5) is 0 Å². The lowest BCUT2D eigenvalue weighted by Crippen LogP contribution is -2.13. The van der Waals surface area contributed by atoms with Crippen molar-refractivity contribution < 1.29 is 13.6 Å². The maximum atomic E-state index is 10.3. The average molecular weight is 523 g/mol. The molecule has 4 heterocycles. The van der Waals surface area contributed by atoms with Crippen LogP contribution in [0.25, 0.3) is 21.9 Å². The van der Waals surface area contributed by atoms with Crippen LogP contribution in [0.5, 0.6) is 0 Å². The Hall–Kier alpha value is -4.73. The van der Waals surface area contributed by atoms with Gasteiger partial charge in [0, 0.05) is 60.8 Å². The number of aromatic nitrogens is 4. The molecule has 0 spiro atoms. The molecule has 9 nitrogen and oxygen atoms in total. The predicted octanol–water partition coefficient (Wildman–Crippen LogP) is 5.31. The molecule has 0 radical (unpaired) electrons. The lowest BCUT2D eigenvalue weighted by atomic mass is 10.1. The number of carbonyl (C=O) groups excluding carboxylic acids is 1. The van der Waals surface area contributed by atoms with Gasteiger partial charge >= 0.3 is 0 Å². The van der Waals surface area contributed by atoms with Crippen molar-refractivity contribution in [2.75, 3.05) is 0 Å². The van der Waals surface area contributed by atoms with Gasteiger partial charge in [0.25, 0.3) is 0 Å². The van der Waals surface area contributed by atoms with Gasteiger partial charge in [-0.2, -0.15) is 0 Å². The molecule has 0 saturated heterocycles. The fraction of sp³-hybridized carbons (Fsp3) is 0.167. The van der Waals surface area contributed by atoms with E-state index in [2.05, 4.69) is 37.4 Å². The summed E-state index contributed by atoms with van der Waals surface area (Å²) in [5.74, 6) is 0. The zero-order valence-electron chi connectivity index (χ0n) is 21.9. The highest BCUT2D eigenvalue weighted by molar-refractivity contribution is 5.85. The highest BCUT2D eigenvalue weighted by Gasteiger charge is 2.00. The van der Waals surface area contributed by atoms with Crippen LogP contribution >= 0.6 is 0 Å². The lowest BCUT2D eigenvalue weighted by molar-refractivity contribution is 0.112. The zero-order chi connectivity index (χ0) is 27.5. The van der Waals surface area contributed by atoms with Crippen molar-refractivity contribution >= 4 is 28.2 Å². The number of aldehydes is 1. The first-order chi connectivity index (χ1) is 19.0. The van der Waals surface area contributed by atoms with E-state index in [0.717, 1.165) is 64.1 Å². The molecule has 6 aromatic rings. The summed E-state index contributed by atoms with van der Waals surface area (Å²) in [6.45, 7) is 5.82. The molecule has 4 aromatic heterocycles. The first kappa shape index (κ1) is 27.3. The summed E-state index contributed by atoms with van der Waals surface area (Å²) in [6.07, 6.45) is 11.1. The molecule has 9 heteroatoms. The number of rotatable bonds is 6. The number of furan rings is 2. The minimum Gasteiger partial charge on any atom is -0.464 e. The van der Waals surface area contributed by atoms with Crippen molar-refractivity contribution in [3.8, 4) is 0 Å². The number of nitrogens with one attached hydrogen (secondary N) is 1. The maximum Gasteiger partial charge on any atom is 0.150 e. The van der Waals surface area contributed by atoms with Gasteiger partial charge in [0.2, 0.25) is 0 Å². The molecule has 39 heavy (non-hydrogen) atoms. The van der Waals surface area contributed by atoms with E-state index in [1.165, 1.54) is 5.56 Å². The molecule has 0 bridgehead atoms. The van der Waals surface area contributed by atoms with Crippen molar-refractivity contribution in [2.24, 2.45) is 5.73 Å². The van der Waals surface area contributed by atoms with Crippen LogP contribution in [-0.4, -0.2) is 26.2 Å². The fourth-order valence-corrected chi connectivity index (χ4v) is 3.55. The second-order valence-electron chi connectivity index (χ2n) is 8.73. The van der Waals surface area contributed by atoms with E-state index in [1.54, 1.807) is 49.3 Å². The van der Waals surface area contributed by atoms with Crippen LogP contribution in [0, 0.1) is 13.8 Å². The maximum absolute atomic E-state index is 10.3. The standard InChI is InChI=1S/C15H15N3O.C9H6O2.C6H9N3/c1-11-7-18-14(10-17-11)9-16-8-12-2-3-15-13(6-12)4-5-19-15;10-6-7-1-2-9-8(5-7)3-4-11-9;1-5-3-9-6(2-7)4-8-5/h2-7,10,16H,8-9H2,1H3;1-6H;3-4H,2,7H2,1H3. The summed E-state index contributed by atoms with van der Waals surface area (Å²) in [4.78, 5) is 26.9. The summed E-state index contributed by atoms with van der Waals surface area (Å²) in [7, 11) is 0. The summed E-state index contributed by atoms with van der Waals surface area (Å²) >= 11 is 0. The Kier molecular flexibility index (Phi) is 9.60. The van der Waals surface area contributed by atoms with Crippen molar-refractivity contribution in [3.63, 3.8) is 0 Å². The molecular weight excluding hydrogens is 492 g/mol. The summed E-state index contributed by atoms with van der Waals surface area (Å²) in [5.41, 5.74) is 12.6. The first-order valence-corrected chi connectivity index (χ1v) is 12.4. The molecule has 0 unspecified atom stereocenters. The van der Waals surface area contributed by atoms with Crippen molar-refractivity contribution in [1.82, 2.24) is 25.3 Å². The van der Waals surface area contributed by atoms with E-state index in [-0.39, 0.29) is 0 Å². The molecule has 2 aromatic carbocycles. The Labute approximate surface area is 226 Å². The summed E-state index contributed by atoms with van der Waals surface area (Å²) < 4.78 is 10.4. The van der Waals surface area contributed by atoms with E-state index >= 15 is 0 Å². The quantitative estimate of drug-likeness (QED) is 0.279. The number of nitrogens with two attached hydrogens (primary N) is 1. The van der Waals surface area contributed by atoms with E-state index in [9.17, 15) is 4.79 Å². The molecular formula is C30H30N6O3. The Balaban J connectivity index is 0.000000149. The van der Waals surface area contributed by atoms with Crippen molar-refractivity contribution in [3.05, 3.63) is 120 Å². The summed E-state index contributed by atoms with van der Waals surface area (Å²) in [5, 5.41) is 5.46. The molecule has 198 valence electrons. The third-order valence-corrected chi connectivity index (χ3v) is 5.64. The van der Waals surface area contributed by atoms with Crippen molar-refractivity contribution in [2.45, 2.75) is 33.5 Å². The highest BCUT2D eigenvalue weighted by atomic mass is 16.3. The summed E-state index contributed by atoms with van der Waals surface area (Å²) in [6, 6.07) is 15.3. The van der Waals surface area contributed by atoms with Crippen LogP contribution in [-0.2, 0) is 19.6 Å². The highest BCUT2D eigenvalue weighted by Crippen LogP contribution is 2.17. The molecule has 0 atom stereocenters. The molecule has 3 N–H and O–H groups in total. The number of nitrogens with zero attached hydrogens (tertiary/aromatic N) is 4.